The van der Waals surface area contributed by atoms with Crippen molar-refractivity contribution in [3.05, 3.63) is 53.6 Å². The van der Waals surface area contributed by atoms with E-state index in [9.17, 15) is 5.11 Å². The van der Waals surface area contributed by atoms with E-state index in [2.05, 4.69) is 97.1 Å². The van der Waals surface area contributed by atoms with E-state index in [-0.39, 0.29) is 10.8 Å². The van der Waals surface area contributed by atoms with E-state index < -0.39 is 8.07 Å². The van der Waals surface area contributed by atoms with Gasteiger partial charge in [-0.1, -0.05) is 96.2 Å². The molecule has 2 rings (SSSR count). The molecule has 1 nitrogen and oxygen atoms in total. The third-order valence-corrected chi connectivity index (χ3v) is 10.9. The van der Waals surface area contributed by atoms with Crippen molar-refractivity contribution in [2.75, 3.05) is 5.38 Å². The first-order valence-corrected chi connectivity index (χ1v) is 13.6. The zero-order valence-corrected chi connectivity index (χ0v) is 19.4. The molecule has 26 heavy (non-hydrogen) atoms. The third-order valence-electron chi connectivity index (χ3n) is 4.84. The zero-order valence-electron chi connectivity index (χ0n) is 17.6. The van der Waals surface area contributed by atoms with Crippen LogP contribution in [0.1, 0.15) is 52.7 Å². The van der Waals surface area contributed by atoms with Crippen LogP contribution in [-0.4, -0.2) is 18.6 Å². The number of phenols is 1. The van der Waals surface area contributed by atoms with Crippen molar-refractivity contribution in [3.8, 4) is 5.75 Å². The fraction of sp³-hybridized carbons (Fsp3) is 0.478. The molecule has 0 radical (unpaired) electrons. The van der Waals surface area contributed by atoms with Crippen LogP contribution in [0.3, 0.4) is 0 Å². The summed E-state index contributed by atoms with van der Waals surface area (Å²) in [6, 6.07) is 15.2. The molecule has 0 amide bonds. The Morgan fingerprint density at radius 2 is 1.42 bits per heavy atom. The van der Waals surface area contributed by atoms with Gasteiger partial charge < -0.3 is 5.11 Å². The van der Waals surface area contributed by atoms with Crippen molar-refractivity contribution < 1.29 is 5.11 Å². The van der Waals surface area contributed by atoms with Crippen LogP contribution >= 0.6 is 11.8 Å². The molecule has 0 saturated heterocycles. The Labute approximate surface area is 165 Å². The minimum absolute atomic E-state index is 0.0641. The molecule has 0 atom stereocenters. The summed E-state index contributed by atoms with van der Waals surface area (Å²) in [5.41, 5.74) is 1.97. The first-order valence-electron chi connectivity index (χ1n) is 9.39. The summed E-state index contributed by atoms with van der Waals surface area (Å²) in [6.45, 7) is 17.9. The fourth-order valence-electron chi connectivity index (χ4n) is 3.25. The maximum absolute atomic E-state index is 11.1. The predicted molar refractivity (Wildman–Crippen MR) is 120 cm³/mol. The van der Waals surface area contributed by atoms with Gasteiger partial charge in [-0.05, 0) is 27.8 Å². The van der Waals surface area contributed by atoms with Gasteiger partial charge in [0.15, 0.2) is 0 Å². The molecule has 2 aromatic rings. The van der Waals surface area contributed by atoms with E-state index in [1.165, 1.54) is 10.1 Å². The second-order valence-electron chi connectivity index (χ2n) is 9.87. The van der Waals surface area contributed by atoms with Crippen LogP contribution in [0.4, 0.5) is 0 Å². The van der Waals surface area contributed by atoms with Crippen molar-refractivity contribution >= 4 is 25.0 Å². The fourth-order valence-corrected chi connectivity index (χ4v) is 7.79. The molecular weight excluding hydrogens is 352 g/mol. The van der Waals surface area contributed by atoms with Gasteiger partial charge in [-0.2, -0.15) is 0 Å². The van der Waals surface area contributed by atoms with E-state index in [1.54, 1.807) is 0 Å². The summed E-state index contributed by atoms with van der Waals surface area (Å²) >= 11 is 1.91. The normalized spacial score (nSPS) is 13.1. The summed E-state index contributed by atoms with van der Waals surface area (Å²) in [6.07, 6.45) is 0. The highest BCUT2D eigenvalue weighted by Gasteiger charge is 2.30. The van der Waals surface area contributed by atoms with Crippen LogP contribution in [0.15, 0.2) is 47.4 Å². The second kappa shape index (κ2) is 7.44. The smallest absolute Gasteiger partial charge is 0.124 e. The number of hydrogen-bond donors (Lipinski definition) is 1. The third kappa shape index (κ3) is 4.75. The largest absolute Gasteiger partial charge is 0.507 e. The van der Waals surface area contributed by atoms with E-state index in [0.717, 1.165) is 16.5 Å². The van der Waals surface area contributed by atoms with Gasteiger partial charge >= 0.3 is 0 Å². The summed E-state index contributed by atoms with van der Waals surface area (Å²) in [7, 11) is -1.53. The van der Waals surface area contributed by atoms with Crippen LogP contribution in [-0.2, 0) is 10.8 Å². The molecule has 0 aliphatic rings. The molecule has 3 heteroatoms. The van der Waals surface area contributed by atoms with Crippen molar-refractivity contribution in [2.45, 2.75) is 70.4 Å². The van der Waals surface area contributed by atoms with E-state index in [0.29, 0.717) is 5.75 Å². The Morgan fingerprint density at radius 3 is 1.92 bits per heavy atom. The average molecular weight is 387 g/mol. The lowest BCUT2D eigenvalue weighted by atomic mass is 9.79. The van der Waals surface area contributed by atoms with Gasteiger partial charge in [-0.25, -0.2) is 0 Å². The zero-order chi connectivity index (χ0) is 19.8. The highest BCUT2D eigenvalue weighted by atomic mass is 32.2. The van der Waals surface area contributed by atoms with Gasteiger partial charge in [0.25, 0.3) is 0 Å². The maximum atomic E-state index is 11.1. The average Bonchev–Trinajstić information content (AvgIpc) is 2.51. The van der Waals surface area contributed by atoms with Crippen molar-refractivity contribution in [1.29, 1.82) is 0 Å². The Morgan fingerprint density at radius 1 is 0.846 bits per heavy atom. The van der Waals surface area contributed by atoms with Crippen LogP contribution in [0, 0.1) is 0 Å². The molecular formula is C23H34OSSi. The highest BCUT2D eigenvalue weighted by Crippen LogP contribution is 2.44. The van der Waals surface area contributed by atoms with Gasteiger partial charge in [-0.3, -0.25) is 0 Å². The van der Waals surface area contributed by atoms with Crippen LogP contribution in [0.2, 0.25) is 13.1 Å². The molecule has 0 aliphatic carbocycles. The number of aromatic hydroxyl groups is 1. The highest BCUT2D eigenvalue weighted by molar-refractivity contribution is 8.01. The van der Waals surface area contributed by atoms with Gasteiger partial charge in [0.05, 0.1) is 8.07 Å². The summed E-state index contributed by atoms with van der Waals surface area (Å²) in [4.78, 5) is 1.22. The Kier molecular flexibility index (Phi) is 6.04. The van der Waals surface area contributed by atoms with Gasteiger partial charge in [-0.15, -0.1) is 11.8 Å². The van der Waals surface area contributed by atoms with Crippen molar-refractivity contribution in [3.63, 3.8) is 0 Å². The standard InChI is InChI=1S/C23H34OSSi/c1-22(2,3)18-14-15-19(20(21(18)24)23(4,5)6)25-16-26(7,8)17-12-10-9-11-13-17/h9-15,24H,16H2,1-8H3. The summed E-state index contributed by atoms with van der Waals surface area (Å²) < 4.78 is 0. The lowest BCUT2D eigenvalue weighted by Crippen LogP contribution is -2.44. The van der Waals surface area contributed by atoms with Gasteiger partial charge in [0, 0.05) is 10.5 Å². The minimum Gasteiger partial charge on any atom is -0.507 e. The maximum Gasteiger partial charge on any atom is 0.124 e. The number of hydrogen-bond acceptors (Lipinski definition) is 2. The summed E-state index contributed by atoms with van der Waals surface area (Å²) in [5.74, 6) is 0.481. The molecule has 2 aromatic carbocycles. The van der Waals surface area contributed by atoms with Gasteiger partial charge in [0.1, 0.15) is 5.75 Å². The quantitative estimate of drug-likeness (QED) is 0.496. The molecule has 0 unspecified atom stereocenters. The second-order valence-corrected chi connectivity index (χ2v) is 16.1. The lowest BCUT2D eigenvalue weighted by molar-refractivity contribution is 0.419. The SMILES string of the molecule is CC(C)(C)c1ccc(SC[Si](C)(C)c2ccccc2)c(C(C)(C)C)c1O. The lowest BCUT2D eigenvalue weighted by Gasteiger charge is -2.30. The molecule has 142 valence electrons. The molecule has 0 aromatic heterocycles. The van der Waals surface area contributed by atoms with E-state index >= 15 is 0 Å². The monoisotopic (exact) mass is 386 g/mol. The Hall–Kier alpha value is -1.19. The van der Waals surface area contributed by atoms with Crippen LogP contribution < -0.4 is 5.19 Å². The number of thioether (sulfide) groups is 1. The van der Waals surface area contributed by atoms with Gasteiger partial charge in [0.2, 0.25) is 0 Å². The summed E-state index contributed by atoms with van der Waals surface area (Å²) in [5, 5.41) is 13.7. The number of benzene rings is 2. The Balaban J connectivity index is 2.40. The first-order chi connectivity index (χ1) is 11.8. The molecule has 0 heterocycles. The predicted octanol–water partition coefficient (Wildman–Crippen LogP) is 6.23. The topological polar surface area (TPSA) is 20.2 Å². The number of phenolic OH excluding ortho intramolecular Hbond substituents is 1. The van der Waals surface area contributed by atoms with E-state index in [4.69, 9.17) is 0 Å². The molecule has 0 spiro atoms. The van der Waals surface area contributed by atoms with Crippen LogP contribution in [0.5, 0.6) is 5.75 Å². The van der Waals surface area contributed by atoms with Crippen molar-refractivity contribution in [2.24, 2.45) is 0 Å². The molecule has 0 bridgehead atoms. The molecule has 0 saturated carbocycles. The molecule has 1 N–H and O–H groups in total. The van der Waals surface area contributed by atoms with E-state index in [1.807, 2.05) is 11.8 Å². The molecule has 0 fully saturated rings. The van der Waals surface area contributed by atoms with Crippen molar-refractivity contribution in [1.82, 2.24) is 0 Å². The molecule has 0 aliphatic heterocycles. The first kappa shape index (κ1) is 21.1. The minimum atomic E-state index is -1.53. The van der Waals surface area contributed by atoms with Crippen LogP contribution in [0.25, 0.3) is 0 Å². The Bertz CT molecular complexity index is 752. The number of rotatable bonds is 4.